The third-order valence-corrected chi connectivity index (χ3v) is 6.10. The van der Waals surface area contributed by atoms with Crippen LogP contribution in [0, 0.1) is 37.5 Å². The van der Waals surface area contributed by atoms with E-state index in [2.05, 4.69) is 22.8 Å². The minimum Gasteiger partial charge on any atom is -0.336 e. The van der Waals surface area contributed by atoms with Gasteiger partial charge in [0.05, 0.1) is 11.8 Å². The number of benzene rings is 1. The van der Waals surface area contributed by atoms with Gasteiger partial charge in [-0.3, -0.25) is 14.5 Å². The van der Waals surface area contributed by atoms with Gasteiger partial charge in [-0.25, -0.2) is 4.79 Å². The number of amides is 4. The van der Waals surface area contributed by atoms with Gasteiger partial charge in [-0.05, 0) is 50.2 Å². The second-order valence-corrected chi connectivity index (χ2v) is 7.87. The molecule has 1 heterocycles. The molecule has 4 aliphatic rings. The van der Waals surface area contributed by atoms with Gasteiger partial charge in [0.1, 0.15) is 0 Å². The highest BCUT2D eigenvalue weighted by Gasteiger charge is 2.56. The van der Waals surface area contributed by atoms with Gasteiger partial charge in [0.2, 0.25) is 11.8 Å². The van der Waals surface area contributed by atoms with E-state index in [0.29, 0.717) is 0 Å². The molecule has 6 heteroatoms. The zero-order valence-electron chi connectivity index (χ0n) is 15.7. The Morgan fingerprint density at radius 1 is 1.07 bits per heavy atom. The molecular formula is C21H25N3O3. The summed E-state index contributed by atoms with van der Waals surface area (Å²) in [5.41, 5.74) is 2.87. The van der Waals surface area contributed by atoms with E-state index in [1.54, 1.807) is 0 Å². The van der Waals surface area contributed by atoms with E-state index in [4.69, 9.17) is 0 Å². The number of hydrogen-bond donors (Lipinski definition) is 2. The third-order valence-electron chi connectivity index (χ3n) is 6.10. The van der Waals surface area contributed by atoms with Crippen LogP contribution in [0.25, 0.3) is 0 Å². The molecule has 5 rings (SSSR count). The van der Waals surface area contributed by atoms with Gasteiger partial charge in [-0.15, -0.1) is 0 Å². The molecule has 6 nitrogen and oxygen atoms in total. The maximum atomic E-state index is 12.7. The van der Waals surface area contributed by atoms with Gasteiger partial charge in [0, 0.05) is 18.8 Å². The number of urea groups is 1. The molecule has 1 saturated carbocycles. The number of imide groups is 1. The SMILES string of the molecule is Cc1ccc(NC(=O)NCCN2C(=O)[C@@H]3[C@@H](C2=O)[C@H]2C=C[C@H]3CC2)c(C)c1. The fourth-order valence-corrected chi connectivity index (χ4v) is 4.76. The second kappa shape index (κ2) is 6.83. The topological polar surface area (TPSA) is 78.5 Å². The predicted octanol–water partition coefficient (Wildman–Crippen LogP) is 2.62. The predicted molar refractivity (Wildman–Crippen MR) is 102 cm³/mol. The Bertz CT molecular complexity index is 800. The summed E-state index contributed by atoms with van der Waals surface area (Å²) >= 11 is 0. The molecule has 2 bridgehead atoms. The molecule has 0 spiro atoms. The van der Waals surface area contributed by atoms with Crippen molar-refractivity contribution in [3.8, 4) is 0 Å². The molecule has 0 radical (unpaired) electrons. The molecule has 1 aliphatic heterocycles. The van der Waals surface area contributed by atoms with Crippen molar-refractivity contribution in [1.82, 2.24) is 10.2 Å². The number of nitrogens with one attached hydrogen (secondary N) is 2. The lowest BCUT2D eigenvalue weighted by molar-refractivity contribution is -0.140. The Kier molecular flexibility index (Phi) is 4.50. The van der Waals surface area contributed by atoms with Gasteiger partial charge in [-0.2, -0.15) is 0 Å². The van der Waals surface area contributed by atoms with E-state index >= 15 is 0 Å². The lowest BCUT2D eigenvalue weighted by Crippen LogP contribution is -2.40. The standard InChI is InChI=1S/C21H25N3O3/c1-12-3-8-16(13(2)11-12)23-21(27)22-9-10-24-19(25)17-14-4-5-15(7-6-14)18(17)20(24)26/h3-5,8,11,14-15,17-18H,6-7,9-10H2,1-2H3,(H2,22,23,27)/t14-,15-,17-,18-/m0/s1. The smallest absolute Gasteiger partial charge is 0.319 e. The molecule has 0 unspecified atom stereocenters. The van der Waals surface area contributed by atoms with E-state index < -0.39 is 0 Å². The van der Waals surface area contributed by atoms with Gasteiger partial charge in [0.25, 0.3) is 0 Å². The minimum atomic E-state index is -0.333. The van der Waals surface area contributed by atoms with Crippen LogP contribution in [0.5, 0.6) is 0 Å². The average molecular weight is 367 g/mol. The Hall–Kier alpha value is -2.63. The summed E-state index contributed by atoms with van der Waals surface area (Å²) in [7, 11) is 0. The zero-order valence-corrected chi connectivity index (χ0v) is 15.7. The van der Waals surface area contributed by atoms with Crippen LogP contribution in [0.1, 0.15) is 24.0 Å². The van der Waals surface area contributed by atoms with Gasteiger partial charge < -0.3 is 10.6 Å². The first-order chi connectivity index (χ1) is 13.0. The van der Waals surface area contributed by atoms with Crippen molar-refractivity contribution < 1.29 is 14.4 Å². The van der Waals surface area contributed by atoms with Crippen molar-refractivity contribution in [3.05, 3.63) is 41.5 Å². The molecule has 1 aromatic rings. The number of aryl methyl sites for hydroxylation is 2. The molecule has 2 fully saturated rings. The second-order valence-electron chi connectivity index (χ2n) is 7.87. The summed E-state index contributed by atoms with van der Waals surface area (Å²) in [6.07, 6.45) is 6.21. The van der Waals surface area contributed by atoms with Crippen LogP contribution in [0.4, 0.5) is 10.5 Å². The molecule has 27 heavy (non-hydrogen) atoms. The number of fused-ring (bicyclic) bond motifs is 1. The molecule has 1 aromatic carbocycles. The van der Waals surface area contributed by atoms with E-state index in [-0.39, 0.29) is 54.6 Å². The maximum absolute atomic E-state index is 12.7. The summed E-state index contributed by atoms with van der Waals surface area (Å²) in [5.74, 6) is -0.124. The normalized spacial score (nSPS) is 28.4. The van der Waals surface area contributed by atoms with Crippen LogP contribution < -0.4 is 10.6 Å². The molecule has 4 atom stereocenters. The average Bonchev–Trinajstić information content (AvgIpc) is 2.92. The van der Waals surface area contributed by atoms with E-state index in [9.17, 15) is 14.4 Å². The van der Waals surface area contributed by atoms with Gasteiger partial charge in [0.15, 0.2) is 0 Å². The number of likely N-dealkylation sites (tertiary alicyclic amines) is 1. The van der Waals surface area contributed by atoms with E-state index in [0.717, 1.165) is 29.7 Å². The molecule has 4 amide bonds. The number of allylic oxidation sites excluding steroid dienone is 2. The Morgan fingerprint density at radius 3 is 2.26 bits per heavy atom. The number of anilines is 1. The highest BCUT2D eigenvalue weighted by Crippen LogP contribution is 2.49. The first-order valence-electron chi connectivity index (χ1n) is 9.61. The summed E-state index contributed by atoms with van der Waals surface area (Å²) in [4.78, 5) is 38.9. The summed E-state index contributed by atoms with van der Waals surface area (Å²) in [5, 5.41) is 5.56. The maximum Gasteiger partial charge on any atom is 0.319 e. The van der Waals surface area contributed by atoms with Crippen molar-refractivity contribution in [1.29, 1.82) is 0 Å². The van der Waals surface area contributed by atoms with Crippen molar-refractivity contribution in [3.63, 3.8) is 0 Å². The molecule has 2 N–H and O–H groups in total. The van der Waals surface area contributed by atoms with Crippen LogP contribution in [0.2, 0.25) is 0 Å². The van der Waals surface area contributed by atoms with Crippen molar-refractivity contribution in [2.75, 3.05) is 18.4 Å². The number of nitrogens with zero attached hydrogens (tertiary/aromatic N) is 1. The third kappa shape index (κ3) is 3.13. The summed E-state index contributed by atoms with van der Waals surface area (Å²) < 4.78 is 0. The summed E-state index contributed by atoms with van der Waals surface area (Å²) in [6, 6.07) is 5.47. The number of rotatable bonds is 4. The lowest BCUT2D eigenvalue weighted by atomic mass is 9.63. The van der Waals surface area contributed by atoms with Gasteiger partial charge >= 0.3 is 6.03 Å². The number of carbonyl (C=O) groups is 3. The first kappa shape index (κ1) is 17.8. The van der Waals surface area contributed by atoms with Crippen molar-refractivity contribution >= 4 is 23.5 Å². The van der Waals surface area contributed by atoms with Crippen molar-refractivity contribution in [2.24, 2.45) is 23.7 Å². The monoisotopic (exact) mass is 367 g/mol. The number of hydrogen-bond acceptors (Lipinski definition) is 3. The van der Waals surface area contributed by atoms with Gasteiger partial charge in [-0.1, -0.05) is 29.8 Å². The zero-order chi connectivity index (χ0) is 19.1. The van der Waals surface area contributed by atoms with E-state index in [1.165, 1.54) is 4.90 Å². The molecule has 142 valence electrons. The molecule has 0 aromatic heterocycles. The first-order valence-corrected chi connectivity index (χ1v) is 9.61. The van der Waals surface area contributed by atoms with Crippen LogP contribution in [0.15, 0.2) is 30.4 Å². The molecule has 3 aliphatic carbocycles. The van der Waals surface area contributed by atoms with E-state index in [1.807, 2.05) is 32.0 Å². The molecular weight excluding hydrogens is 342 g/mol. The highest BCUT2D eigenvalue weighted by atomic mass is 16.2. The highest BCUT2D eigenvalue weighted by molar-refractivity contribution is 6.06. The van der Waals surface area contributed by atoms with Crippen LogP contribution in [-0.2, 0) is 9.59 Å². The largest absolute Gasteiger partial charge is 0.336 e. The molecule has 1 saturated heterocycles. The van der Waals surface area contributed by atoms with Crippen LogP contribution >= 0.6 is 0 Å². The van der Waals surface area contributed by atoms with Crippen molar-refractivity contribution in [2.45, 2.75) is 26.7 Å². The number of carbonyl (C=O) groups excluding carboxylic acids is 3. The minimum absolute atomic E-state index is 0.0689. The Balaban J connectivity index is 1.32. The fraction of sp³-hybridized carbons (Fsp3) is 0.476. The van der Waals surface area contributed by atoms with Crippen LogP contribution in [0.3, 0.4) is 0 Å². The van der Waals surface area contributed by atoms with Crippen LogP contribution in [-0.4, -0.2) is 35.8 Å². The quantitative estimate of drug-likeness (QED) is 0.634. The lowest BCUT2D eigenvalue weighted by Gasteiger charge is -2.38. The fourth-order valence-electron chi connectivity index (χ4n) is 4.76. The Morgan fingerprint density at radius 2 is 1.70 bits per heavy atom. The summed E-state index contributed by atoms with van der Waals surface area (Å²) in [6.45, 7) is 4.41. The Labute approximate surface area is 159 Å².